The summed E-state index contributed by atoms with van der Waals surface area (Å²) in [5.74, 6) is -0.157. The van der Waals surface area contributed by atoms with Crippen LogP contribution in [0.2, 0.25) is 5.02 Å². The fourth-order valence-corrected chi connectivity index (χ4v) is 4.43. The van der Waals surface area contributed by atoms with Gasteiger partial charge in [-0.25, -0.2) is 13.8 Å². The summed E-state index contributed by atoms with van der Waals surface area (Å²) in [6, 6.07) is 19.9. The van der Waals surface area contributed by atoms with Gasteiger partial charge in [-0.3, -0.25) is 9.10 Å². The predicted molar refractivity (Wildman–Crippen MR) is 126 cm³/mol. The van der Waals surface area contributed by atoms with Crippen molar-refractivity contribution in [2.75, 3.05) is 18.0 Å². The first-order valence-corrected chi connectivity index (χ1v) is 11.4. The summed E-state index contributed by atoms with van der Waals surface area (Å²) in [4.78, 5) is 12.7. The van der Waals surface area contributed by atoms with E-state index in [0.29, 0.717) is 16.3 Å². The SMILES string of the molecule is COc1cccc(N(CC(=O)N/N=C\c2ccccc2Cl)S(=O)(=O)c2ccc(C)cc2)c1. The Labute approximate surface area is 192 Å². The van der Waals surface area contributed by atoms with Crippen LogP contribution in [-0.2, 0) is 14.8 Å². The first-order chi connectivity index (χ1) is 15.3. The smallest absolute Gasteiger partial charge is 0.264 e. The largest absolute Gasteiger partial charge is 0.497 e. The normalized spacial score (nSPS) is 11.3. The number of ether oxygens (including phenoxy) is 1. The van der Waals surface area contributed by atoms with Crippen LogP contribution >= 0.6 is 11.6 Å². The van der Waals surface area contributed by atoms with E-state index in [1.165, 1.54) is 25.5 Å². The molecule has 1 N–H and O–H groups in total. The summed E-state index contributed by atoms with van der Waals surface area (Å²) in [6.07, 6.45) is 1.39. The van der Waals surface area contributed by atoms with Gasteiger partial charge in [0.25, 0.3) is 15.9 Å². The molecule has 7 nitrogen and oxygen atoms in total. The van der Waals surface area contributed by atoms with E-state index in [-0.39, 0.29) is 10.6 Å². The molecule has 1 amide bonds. The van der Waals surface area contributed by atoms with E-state index >= 15 is 0 Å². The number of hydrogen-bond acceptors (Lipinski definition) is 5. The summed E-state index contributed by atoms with van der Waals surface area (Å²) >= 11 is 6.07. The van der Waals surface area contributed by atoms with Gasteiger partial charge in [0.05, 0.1) is 23.9 Å². The van der Waals surface area contributed by atoms with Crippen LogP contribution in [0.1, 0.15) is 11.1 Å². The summed E-state index contributed by atoms with van der Waals surface area (Å²) in [5, 5.41) is 4.37. The van der Waals surface area contributed by atoms with Crippen molar-refractivity contribution < 1.29 is 17.9 Å². The zero-order valence-electron chi connectivity index (χ0n) is 17.5. The monoisotopic (exact) mass is 471 g/mol. The highest BCUT2D eigenvalue weighted by Gasteiger charge is 2.27. The number of carbonyl (C=O) groups excluding carboxylic acids is 1. The van der Waals surface area contributed by atoms with Gasteiger partial charge in [0, 0.05) is 16.7 Å². The van der Waals surface area contributed by atoms with E-state index in [1.807, 2.05) is 6.92 Å². The van der Waals surface area contributed by atoms with Gasteiger partial charge in [-0.15, -0.1) is 0 Å². The lowest BCUT2D eigenvalue weighted by Gasteiger charge is -2.24. The lowest BCUT2D eigenvalue weighted by Crippen LogP contribution is -2.39. The van der Waals surface area contributed by atoms with Gasteiger partial charge in [-0.2, -0.15) is 5.10 Å². The number of hydrazone groups is 1. The number of halogens is 1. The van der Waals surface area contributed by atoms with Crippen LogP contribution < -0.4 is 14.5 Å². The van der Waals surface area contributed by atoms with Crippen LogP contribution in [0.4, 0.5) is 5.69 Å². The number of hydrogen-bond donors (Lipinski definition) is 1. The zero-order chi connectivity index (χ0) is 23.1. The second kappa shape index (κ2) is 10.3. The Morgan fingerprint density at radius 3 is 2.50 bits per heavy atom. The van der Waals surface area contributed by atoms with Crippen LogP contribution in [0.25, 0.3) is 0 Å². The maximum Gasteiger partial charge on any atom is 0.264 e. The average molecular weight is 472 g/mol. The molecule has 0 unspecified atom stereocenters. The van der Waals surface area contributed by atoms with E-state index in [0.717, 1.165) is 9.87 Å². The van der Waals surface area contributed by atoms with E-state index in [9.17, 15) is 13.2 Å². The Bertz CT molecular complexity index is 1230. The van der Waals surface area contributed by atoms with Gasteiger partial charge in [-0.1, -0.05) is 53.6 Å². The average Bonchev–Trinajstić information content (AvgIpc) is 2.79. The van der Waals surface area contributed by atoms with Gasteiger partial charge in [0.1, 0.15) is 12.3 Å². The fourth-order valence-electron chi connectivity index (χ4n) is 2.84. The Morgan fingerprint density at radius 1 is 1.09 bits per heavy atom. The topological polar surface area (TPSA) is 88.1 Å². The highest BCUT2D eigenvalue weighted by atomic mass is 35.5. The Balaban J connectivity index is 1.88. The van der Waals surface area contributed by atoms with Gasteiger partial charge >= 0.3 is 0 Å². The minimum absolute atomic E-state index is 0.0679. The Morgan fingerprint density at radius 2 is 1.81 bits per heavy atom. The molecule has 3 aromatic carbocycles. The van der Waals surface area contributed by atoms with Gasteiger partial charge in [0.15, 0.2) is 0 Å². The van der Waals surface area contributed by atoms with Crippen molar-refractivity contribution in [2.24, 2.45) is 5.10 Å². The third kappa shape index (κ3) is 5.66. The molecule has 0 fully saturated rings. The molecule has 3 aromatic rings. The molecule has 0 bridgehead atoms. The number of carbonyl (C=O) groups is 1. The second-order valence-corrected chi connectivity index (χ2v) is 9.11. The number of sulfonamides is 1. The number of rotatable bonds is 8. The van der Waals surface area contributed by atoms with Crippen molar-refractivity contribution in [2.45, 2.75) is 11.8 Å². The summed E-state index contributed by atoms with van der Waals surface area (Å²) < 4.78 is 33.0. The van der Waals surface area contributed by atoms with Gasteiger partial charge < -0.3 is 4.74 Å². The van der Waals surface area contributed by atoms with E-state index in [1.54, 1.807) is 60.7 Å². The predicted octanol–water partition coefficient (Wildman–Crippen LogP) is 4.00. The Hall–Kier alpha value is -3.36. The third-order valence-corrected chi connectivity index (χ3v) is 6.67. The molecule has 0 saturated heterocycles. The molecule has 0 aliphatic heterocycles. The fraction of sp³-hybridized carbons (Fsp3) is 0.130. The van der Waals surface area contributed by atoms with Crippen molar-refractivity contribution >= 4 is 39.4 Å². The molecule has 3 rings (SSSR count). The first kappa shape index (κ1) is 23.3. The third-order valence-electron chi connectivity index (χ3n) is 4.54. The molecule has 0 atom stereocenters. The molecular weight excluding hydrogens is 450 g/mol. The summed E-state index contributed by atoms with van der Waals surface area (Å²) in [5.41, 5.74) is 4.18. The molecule has 0 aromatic heterocycles. The molecule has 9 heteroatoms. The number of nitrogens with zero attached hydrogens (tertiary/aromatic N) is 2. The highest BCUT2D eigenvalue weighted by molar-refractivity contribution is 7.92. The van der Waals surface area contributed by atoms with E-state index < -0.39 is 22.5 Å². The minimum Gasteiger partial charge on any atom is -0.497 e. The van der Waals surface area contributed by atoms with E-state index in [2.05, 4.69) is 10.5 Å². The highest BCUT2D eigenvalue weighted by Crippen LogP contribution is 2.27. The number of benzene rings is 3. The number of nitrogens with one attached hydrogen (secondary N) is 1. The molecule has 0 aliphatic rings. The number of anilines is 1. The van der Waals surface area contributed by atoms with Crippen molar-refractivity contribution in [1.82, 2.24) is 5.43 Å². The quantitative estimate of drug-likeness (QED) is 0.397. The van der Waals surface area contributed by atoms with Crippen molar-refractivity contribution in [1.29, 1.82) is 0 Å². The Kier molecular flexibility index (Phi) is 7.50. The lowest BCUT2D eigenvalue weighted by atomic mass is 10.2. The molecule has 32 heavy (non-hydrogen) atoms. The number of amides is 1. The van der Waals surface area contributed by atoms with Gasteiger partial charge in [-0.05, 0) is 37.3 Å². The zero-order valence-corrected chi connectivity index (χ0v) is 19.1. The number of methoxy groups -OCH3 is 1. The van der Waals surface area contributed by atoms with Crippen LogP contribution in [0, 0.1) is 6.92 Å². The molecular formula is C23H22ClN3O4S. The van der Waals surface area contributed by atoms with E-state index in [4.69, 9.17) is 16.3 Å². The lowest BCUT2D eigenvalue weighted by molar-refractivity contribution is -0.119. The number of aryl methyl sites for hydroxylation is 1. The second-order valence-electron chi connectivity index (χ2n) is 6.84. The van der Waals surface area contributed by atoms with Gasteiger partial charge in [0.2, 0.25) is 0 Å². The molecule has 166 valence electrons. The summed E-state index contributed by atoms with van der Waals surface area (Å²) in [7, 11) is -2.55. The van der Waals surface area contributed by atoms with Crippen LogP contribution in [0.5, 0.6) is 5.75 Å². The van der Waals surface area contributed by atoms with Crippen LogP contribution in [0.15, 0.2) is 82.8 Å². The maximum absolute atomic E-state index is 13.4. The first-order valence-electron chi connectivity index (χ1n) is 9.61. The van der Waals surface area contributed by atoms with Crippen molar-refractivity contribution in [3.8, 4) is 5.75 Å². The van der Waals surface area contributed by atoms with Crippen LogP contribution in [0.3, 0.4) is 0 Å². The van der Waals surface area contributed by atoms with Crippen molar-refractivity contribution in [3.63, 3.8) is 0 Å². The van der Waals surface area contributed by atoms with Crippen LogP contribution in [-0.4, -0.2) is 34.2 Å². The molecule has 0 saturated carbocycles. The molecule has 0 heterocycles. The molecule has 0 aliphatic carbocycles. The minimum atomic E-state index is -4.03. The summed E-state index contributed by atoms with van der Waals surface area (Å²) in [6.45, 7) is 1.38. The van der Waals surface area contributed by atoms with Crippen molar-refractivity contribution in [3.05, 3.63) is 88.9 Å². The standard InChI is InChI=1S/C23H22ClN3O4S/c1-17-10-12-21(13-11-17)32(29,30)27(19-7-5-8-20(14-19)31-2)16-23(28)26-25-15-18-6-3-4-9-22(18)24/h3-15H,16H2,1-2H3,(H,26,28)/b25-15-. The molecule has 0 spiro atoms. The molecule has 0 radical (unpaired) electrons. The maximum atomic E-state index is 13.4.